The summed E-state index contributed by atoms with van der Waals surface area (Å²) >= 11 is 1.20. The van der Waals surface area contributed by atoms with Gasteiger partial charge in [-0.25, -0.2) is 13.4 Å². The SMILES string of the molecule is CC(=O)OCCC(OC(C)=O)c1csc(NC(=O)/C(=C/C2CCCC2)c2ccc(S(=O)(=O)C3CC3)cc2)n1. The molecule has 0 radical (unpaired) electrons. The maximum absolute atomic E-state index is 13.4. The number of esters is 2. The minimum Gasteiger partial charge on any atom is -0.466 e. The van der Waals surface area contributed by atoms with Gasteiger partial charge >= 0.3 is 11.9 Å². The normalized spacial score (nSPS) is 17.2. The molecule has 2 aromatic rings. The summed E-state index contributed by atoms with van der Waals surface area (Å²) in [6, 6.07) is 6.53. The topological polar surface area (TPSA) is 129 Å². The summed E-state index contributed by atoms with van der Waals surface area (Å²) in [6.45, 7) is 2.65. The minimum atomic E-state index is -3.32. The zero-order chi connectivity index (χ0) is 27.3. The van der Waals surface area contributed by atoms with Crippen molar-refractivity contribution in [1.29, 1.82) is 0 Å². The van der Waals surface area contributed by atoms with E-state index >= 15 is 0 Å². The number of anilines is 1. The molecule has 0 saturated heterocycles. The van der Waals surface area contributed by atoms with Crippen LogP contribution in [0.3, 0.4) is 0 Å². The van der Waals surface area contributed by atoms with Crippen molar-refractivity contribution in [3.8, 4) is 0 Å². The lowest BCUT2D eigenvalue weighted by Crippen LogP contribution is -2.16. The molecule has 1 aromatic heterocycles. The first-order valence-electron chi connectivity index (χ1n) is 12.8. The van der Waals surface area contributed by atoms with Crippen molar-refractivity contribution in [3.63, 3.8) is 0 Å². The van der Waals surface area contributed by atoms with Crippen molar-refractivity contribution >= 4 is 49.7 Å². The third kappa shape index (κ3) is 7.28. The van der Waals surface area contributed by atoms with Gasteiger partial charge < -0.3 is 9.47 Å². The van der Waals surface area contributed by atoms with Crippen LogP contribution in [0.4, 0.5) is 5.13 Å². The number of thiazole rings is 1. The van der Waals surface area contributed by atoms with Crippen LogP contribution in [0.2, 0.25) is 0 Å². The van der Waals surface area contributed by atoms with E-state index < -0.39 is 27.9 Å². The van der Waals surface area contributed by atoms with Crippen molar-refractivity contribution in [2.24, 2.45) is 5.92 Å². The average molecular weight is 561 g/mol. The largest absolute Gasteiger partial charge is 0.466 e. The summed E-state index contributed by atoms with van der Waals surface area (Å²) in [4.78, 5) is 40.8. The molecule has 2 saturated carbocycles. The van der Waals surface area contributed by atoms with E-state index in [1.165, 1.54) is 25.2 Å². The molecule has 204 valence electrons. The van der Waals surface area contributed by atoms with Crippen LogP contribution in [0, 0.1) is 5.92 Å². The number of hydrogen-bond acceptors (Lipinski definition) is 9. The third-order valence-corrected chi connectivity index (χ3v) is 9.62. The predicted octanol–water partition coefficient (Wildman–Crippen LogP) is 4.85. The van der Waals surface area contributed by atoms with Crippen molar-refractivity contribution in [1.82, 2.24) is 4.98 Å². The molecule has 4 rings (SSSR count). The van der Waals surface area contributed by atoms with Crippen molar-refractivity contribution in [2.75, 3.05) is 11.9 Å². The first kappa shape index (κ1) is 28.0. The number of amides is 1. The molecule has 9 nitrogen and oxygen atoms in total. The van der Waals surface area contributed by atoms with Gasteiger partial charge in [-0.05, 0) is 49.3 Å². The van der Waals surface area contributed by atoms with Gasteiger partial charge in [0.1, 0.15) is 6.10 Å². The Morgan fingerprint density at radius 2 is 1.76 bits per heavy atom. The molecule has 0 aliphatic heterocycles. The number of carbonyl (C=O) groups excluding carboxylic acids is 3. The standard InChI is InChI=1S/C27H32N2O7S2/c1-17(30)35-14-13-25(36-18(2)31)24-16-37-27(28-24)29-26(32)23(15-19-5-3-4-6-19)20-7-9-21(10-8-20)38(33,34)22-11-12-22/h7-10,15-16,19,22,25H,3-6,11-14H2,1-2H3,(H,28,29,32)/b23-15+. The number of nitrogens with zero attached hydrogens (tertiary/aromatic N) is 1. The second-order valence-electron chi connectivity index (χ2n) is 9.65. The Bertz CT molecular complexity index is 1310. The van der Waals surface area contributed by atoms with Gasteiger partial charge in [-0.15, -0.1) is 11.3 Å². The van der Waals surface area contributed by atoms with Crippen LogP contribution in [0.1, 0.15) is 76.2 Å². The lowest BCUT2D eigenvalue weighted by atomic mass is 9.98. The molecular formula is C27H32N2O7S2. The summed E-state index contributed by atoms with van der Waals surface area (Å²) < 4.78 is 35.5. The van der Waals surface area contributed by atoms with E-state index in [1.807, 2.05) is 6.08 Å². The summed E-state index contributed by atoms with van der Waals surface area (Å²) in [5, 5.41) is 4.57. The van der Waals surface area contributed by atoms with Crippen LogP contribution in [-0.2, 0) is 33.7 Å². The van der Waals surface area contributed by atoms with Gasteiger partial charge in [0.25, 0.3) is 5.91 Å². The fraction of sp³-hybridized carbons (Fsp3) is 0.481. The first-order chi connectivity index (χ1) is 18.1. The van der Waals surface area contributed by atoms with Crippen LogP contribution in [0.5, 0.6) is 0 Å². The van der Waals surface area contributed by atoms with E-state index in [0.29, 0.717) is 34.8 Å². The Morgan fingerprint density at radius 1 is 1.08 bits per heavy atom. The molecule has 2 aliphatic rings. The Kier molecular flexibility index (Phi) is 8.99. The molecular weight excluding hydrogens is 528 g/mol. The molecule has 1 N–H and O–H groups in total. The molecule has 0 bridgehead atoms. The minimum absolute atomic E-state index is 0.0627. The highest BCUT2D eigenvalue weighted by Crippen LogP contribution is 2.35. The number of ether oxygens (including phenoxy) is 2. The lowest BCUT2D eigenvalue weighted by molar-refractivity contribution is -0.149. The lowest BCUT2D eigenvalue weighted by Gasteiger charge is -2.14. The quantitative estimate of drug-likeness (QED) is 0.305. The number of sulfone groups is 1. The van der Waals surface area contributed by atoms with Crippen LogP contribution in [0.25, 0.3) is 5.57 Å². The van der Waals surface area contributed by atoms with Crippen molar-refractivity contribution < 1.29 is 32.3 Å². The predicted molar refractivity (Wildman–Crippen MR) is 143 cm³/mol. The Hall–Kier alpha value is -3.05. The highest BCUT2D eigenvalue weighted by Gasteiger charge is 2.36. The van der Waals surface area contributed by atoms with Crippen LogP contribution in [-0.4, -0.2) is 43.1 Å². The molecule has 1 heterocycles. The van der Waals surface area contributed by atoms with Crippen molar-refractivity contribution in [2.45, 2.75) is 75.0 Å². The number of allylic oxidation sites excluding steroid dienone is 1. The van der Waals surface area contributed by atoms with Gasteiger partial charge in [0, 0.05) is 31.2 Å². The van der Waals surface area contributed by atoms with Crippen LogP contribution in [0.15, 0.2) is 40.6 Å². The van der Waals surface area contributed by atoms with E-state index in [1.54, 1.807) is 29.6 Å². The maximum atomic E-state index is 13.4. The van der Waals surface area contributed by atoms with E-state index in [4.69, 9.17) is 9.47 Å². The van der Waals surface area contributed by atoms with E-state index in [0.717, 1.165) is 25.7 Å². The molecule has 1 amide bonds. The number of nitrogens with one attached hydrogen (secondary N) is 1. The Labute approximate surface area is 226 Å². The van der Waals surface area contributed by atoms with Crippen LogP contribution >= 0.6 is 11.3 Å². The molecule has 2 fully saturated rings. The van der Waals surface area contributed by atoms with E-state index in [-0.39, 0.29) is 35.0 Å². The fourth-order valence-corrected chi connectivity index (χ4v) is 6.89. The smallest absolute Gasteiger partial charge is 0.303 e. The second-order valence-corrected chi connectivity index (χ2v) is 12.7. The van der Waals surface area contributed by atoms with Gasteiger partial charge in [0.2, 0.25) is 0 Å². The highest BCUT2D eigenvalue weighted by molar-refractivity contribution is 7.92. The second kappa shape index (κ2) is 12.2. The Morgan fingerprint density at radius 3 is 2.37 bits per heavy atom. The molecule has 38 heavy (non-hydrogen) atoms. The average Bonchev–Trinajstić information content (AvgIpc) is 3.43. The number of hydrogen-bond donors (Lipinski definition) is 1. The van der Waals surface area contributed by atoms with Gasteiger partial charge in [-0.2, -0.15) is 0 Å². The highest BCUT2D eigenvalue weighted by atomic mass is 32.2. The molecule has 0 spiro atoms. The molecule has 11 heteroatoms. The van der Waals surface area contributed by atoms with Gasteiger partial charge in [-0.3, -0.25) is 19.7 Å². The summed E-state index contributed by atoms with van der Waals surface area (Å²) in [7, 11) is -3.32. The van der Waals surface area contributed by atoms with E-state index in [9.17, 15) is 22.8 Å². The first-order valence-corrected chi connectivity index (χ1v) is 15.2. The molecule has 1 atom stereocenters. The van der Waals surface area contributed by atoms with Gasteiger partial charge in [0.15, 0.2) is 15.0 Å². The summed E-state index contributed by atoms with van der Waals surface area (Å²) in [5.74, 6) is -1.01. The number of rotatable bonds is 11. The fourth-order valence-electron chi connectivity index (χ4n) is 4.49. The van der Waals surface area contributed by atoms with Gasteiger partial charge in [0.05, 0.1) is 22.4 Å². The van der Waals surface area contributed by atoms with Gasteiger partial charge in [-0.1, -0.05) is 31.1 Å². The monoisotopic (exact) mass is 560 g/mol. The molecule has 1 aromatic carbocycles. The maximum Gasteiger partial charge on any atom is 0.303 e. The summed E-state index contributed by atoms with van der Waals surface area (Å²) in [5.41, 5.74) is 1.55. The van der Waals surface area contributed by atoms with Crippen molar-refractivity contribution in [3.05, 3.63) is 47.0 Å². The number of benzene rings is 1. The Balaban J connectivity index is 1.52. The van der Waals surface area contributed by atoms with E-state index in [2.05, 4.69) is 10.3 Å². The third-order valence-electron chi connectivity index (χ3n) is 6.57. The van der Waals surface area contributed by atoms with Crippen LogP contribution < -0.4 is 5.32 Å². The number of aromatic nitrogens is 1. The molecule has 2 aliphatic carbocycles. The molecule has 1 unspecified atom stereocenters. The zero-order valence-corrected chi connectivity index (χ0v) is 23.1. The zero-order valence-electron chi connectivity index (χ0n) is 21.5. The summed E-state index contributed by atoms with van der Waals surface area (Å²) in [6.07, 6.45) is 7.08. The number of carbonyl (C=O) groups is 3.